The zero-order valence-corrected chi connectivity index (χ0v) is 6.93. The molecule has 0 saturated carbocycles. The molecule has 0 aromatic carbocycles. The van der Waals surface area contributed by atoms with E-state index >= 15 is 0 Å². The van der Waals surface area contributed by atoms with Gasteiger partial charge in [-0.3, -0.25) is 4.79 Å². The van der Waals surface area contributed by atoms with E-state index in [1.807, 2.05) is 12.1 Å². The Hall–Kier alpha value is -1.34. The molecule has 3 atom stereocenters. The molecular weight excluding hydrogens is 170 g/mol. The van der Waals surface area contributed by atoms with Crippen LogP contribution in [0.4, 0.5) is 0 Å². The molecule has 68 valence electrons. The fourth-order valence-corrected chi connectivity index (χ4v) is 2.01. The molecule has 1 saturated heterocycles. The molecule has 2 rings (SSSR count). The minimum atomic E-state index is -0.992. The van der Waals surface area contributed by atoms with Crippen LogP contribution in [0, 0.1) is 16.7 Å². The molecule has 4 heteroatoms. The molecule has 13 heavy (non-hydrogen) atoms. The van der Waals surface area contributed by atoms with Crippen molar-refractivity contribution in [2.45, 2.75) is 25.0 Å². The van der Waals surface area contributed by atoms with Crippen molar-refractivity contribution in [3.05, 3.63) is 12.2 Å². The molecular formula is C9H9NO3. The lowest BCUT2D eigenvalue weighted by Crippen LogP contribution is -2.38. The van der Waals surface area contributed by atoms with Gasteiger partial charge in [0.2, 0.25) is 0 Å². The van der Waals surface area contributed by atoms with Crippen LogP contribution >= 0.6 is 0 Å². The van der Waals surface area contributed by atoms with Crippen LogP contribution in [0.15, 0.2) is 12.2 Å². The van der Waals surface area contributed by atoms with E-state index < -0.39 is 17.5 Å². The molecule has 0 aliphatic carbocycles. The topological polar surface area (TPSA) is 70.3 Å². The van der Waals surface area contributed by atoms with Crippen molar-refractivity contribution in [1.82, 2.24) is 0 Å². The van der Waals surface area contributed by atoms with E-state index in [4.69, 9.17) is 15.1 Å². The number of hydrogen-bond acceptors (Lipinski definition) is 3. The Balaban J connectivity index is 2.32. The summed E-state index contributed by atoms with van der Waals surface area (Å²) >= 11 is 0. The van der Waals surface area contributed by atoms with Crippen LogP contribution in [0.25, 0.3) is 0 Å². The first-order chi connectivity index (χ1) is 6.19. The minimum absolute atomic E-state index is 0.0217. The molecule has 0 radical (unpaired) electrons. The third kappa shape index (κ3) is 0.973. The Morgan fingerprint density at radius 3 is 2.92 bits per heavy atom. The number of aliphatic carboxylic acids is 1. The van der Waals surface area contributed by atoms with Gasteiger partial charge in [0, 0.05) is 0 Å². The van der Waals surface area contributed by atoms with E-state index in [1.54, 1.807) is 6.08 Å². The number of carbonyl (C=O) groups is 1. The van der Waals surface area contributed by atoms with Crippen molar-refractivity contribution in [2.24, 2.45) is 5.41 Å². The predicted octanol–water partition coefficient (Wildman–Crippen LogP) is 0.698. The highest BCUT2D eigenvalue weighted by Crippen LogP contribution is 2.46. The smallest absolute Gasteiger partial charge is 0.313 e. The van der Waals surface area contributed by atoms with Gasteiger partial charge in [-0.05, 0) is 6.42 Å². The van der Waals surface area contributed by atoms with Crippen molar-refractivity contribution < 1.29 is 14.6 Å². The number of ether oxygens (including phenoxy) is 1. The Labute approximate surface area is 75.4 Å². The Morgan fingerprint density at radius 1 is 1.77 bits per heavy atom. The zero-order chi connectivity index (χ0) is 9.47. The Kier molecular flexibility index (Phi) is 1.64. The van der Waals surface area contributed by atoms with Gasteiger partial charge in [0.1, 0.15) is 5.41 Å². The van der Waals surface area contributed by atoms with E-state index in [0.29, 0.717) is 6.42 Å². The highest BCUT2D eigenvalue weighted by atomic mass is 16.5. The summed E-state index contributed by atoms with van der Waals surface area (Å²) in [7, 11) is 0. The summed E-state index contributed by atoms with van der Waals surface area (Å²) in [5, 5.41) is 17.6. The molecule has 0 aromatic heterocycles. The normalized spacial score (nSPS) is 40.5. The van der Waals surface area contributed by atoms with Gasteiger partial charge < -0.3 is 9.84 Å². The van der Waals surface area contributed by atoms with E-state index in [2.05, 4.69) is 0 Å². The molecule has 0 amide bonds. The minimum Gasteiger partial charge on any atom is -0.481 e. The number of nitriles is 1. The van der Waals surface area contributed by atoms with Gasteiger partial charge in [0.15, 0.2) is 0 Å². The van der Waals surface area contributed by atoms with Crippen LogP contribution in [0.5, 0.6) is 0 Å². The van der Waals surface area contributed by atoms with Crippen LogP contribution in [0.1, 0.15) is 12.8 Å². The fourth-order valence-electron chi connectivity index (χ4n) is 2.01. The zero-order valence-electron chi connectivity index (χ0n) is 6.93. The summed E-state index contributed by atoms with van der Waals surface area (Å²) < 4.78 is 5.36. The first kappa shape index (κ1) is 8.27. The van der Waals surface area contributed by atoms with Crippen LogP contribution in [-0.4, -0.2) is 23.3 Å². The van der Waals surface area contributed by atoms with E-state index in [0.717, 1.165) is 0 Å². The molecule has 2 heterocycles. The maximum Gasteiger partial charge on any atom is 0.313 e. The second kappa shape index (κ2) is 2.57. The monoisotopic (exact) mass is 179 g/mol. The van der Waals surface area contributed by atoms with Gasteiger partial charge in [-0.15, -0.1) is 0 Å². The lowest BCUT2D eigenvalue weighted by atomic mass is 9.75. The van der Waals surface area contributed by atoms with Crippen LogP contribution in [-0.2, 0) is 9.53 Å². The van der Waals surface area contributed by atoms with Crippen molar-refractivity contribution in [1.29, 1.82) is 5.26 Å². The van der Waals surface area contributed by atoms with E-state index in [9.17, 15) is 4.79 Å². The van der Waals surface area contributed by atoms with Crippen molar-refractivity contribution in [3.63, 3.8) is 0 Å². The summed E-state index contributed by atoms with van der Waals surface area (Å²) in [5.41, 5.74) is -0.992. The molecule has 1 fully saturated rings. The van der Waals surface area contributed by atoms with Gasteiger partial charge in [0.25, 0.3) is 0 Å². The summed E-state index contributed by atoms with van der Waals surface area (Å²) in [6, 6.07) is 1.92. The molecule has 1 N–H and O–H groups in total. The van der Waals surface area contributed by atoms with Crippen molar-refractivity contribution in [2.75, 3.05) is 0 Å². The predicted molar refractivity (Wildman–Crippen MR) is 42.7 cm³/mol. The Bertz CT molecular complexity index is 317. The number of carboxylic acid groups (broad SMARTS) is 1. The molecule has 2 bridgehead atoms. The fraction of sp³-hybridized carbons (Fsp3) is 0.556. The summed E-state index contributed by atoms with van der Waals surface area (Å²) in [5.74, 6) is -0.925. The van der Waals surface area contributed by atoms with Gasteiger partial charge >= 0.3 is 5.97 Å². The maximum absolute atomic E-state index is 11.0. The second-order valence-electron chi connectivity index (χ2n) is 3.48. The third-order valence-corrected chi connectivity index (χ3v) is 2.75. The quantitative estimate of drug-likeness (QED) is 0.633. The van der Waals surface area contributed by atoms with E-state index in [1.165, 1.54) is 0 Å². The lowest BCUT2D eigenvalue weighted by Gasteiger charge is -2.25. The molecule has 2 aliphatic heterocycles. The lowest BCUT2D eigenvalue weighted by molar-refractivity contribution is -0.150. The number of nitrogens with zero attached hydrogens (tertiary/aromatic N) is 1. The highest BCUT2D eigenvalue weighted by Gasteiger charge is 2.55. The standard InChI is InChI=1S/C9H9NO3/c10-4-3-9(8(11)12)5-6-1-2-7(9)13-6/h1-2,6-7H,3,5H2,(H,11,12). The molecule has 4 nitrogen and oxygen atoms in total. The maximum atomic E-state index is 11.0. The average Bonchev–Trinajstić information content (AvgIpc) is 2.64. The first-order valence-electron chi connectivity index (χ1n) is 4.13. The summed E-state index contributed by atoms with van der Waals surface area (Å²) in [6.07, 6.45) is 3.55. The highest BCUT2D eigenvalue weighted by molar-refractivity contribution is 5.77. The molecule has 3 unspecified atom stereocenters. The van der Waals surface area contributed by atoms with Crippen molar-refractivity contribution >= 4 is 5.97 Å². The average molecular weight is 179 g/mol. The van der Waals surface area contributed by atoms with Crippen LogP contribution in [0.3, 0.4) is 0 Å². The summed E-state index contributed by atoms with van der Waals surface area (Å²) in [6.45, 7) is 0. The SMILES string of the molecule is N#CCC1(C(=O)O)CC2C=CC1O2. The van der Waals surface area contributed by atoms with Crippen molar-refractivity contribution in [3.8, 4) is 6.07 Å². The first-order valence-corrected chi connectivity index (χ1v) is 4.13. The van der Waals surface area contributed by atoms with Gasteiger partial charge in [-0.1, -0.05) is 12.2 Å². The Morgan fingerprint density at radius 2 is 2.54 bits per heavy atom. The molecule has 0 spiro atoms. The van der Waals surface area contributed by atoms with Gasteiger partial charge in [-0.2, -0.15) is 5.26 Å². The van der Waals surface area contributed by atoms with Crippen LogP contribution in [0.2, 0.25) is 0 Å². The number of hydrogen-bond donors (Lipinski definition) is 1. The number of rotatable bonds is 2. The van der Waals surface area contributed by atoms with Gasteiger partial charge in [-0.25, -0.2) is 0 Å². The number of fused-ring (bicyclic) bond motifs is 2. The second-order valence-corrected chi connectivity index (χ2v) is 3.48. The van der Waals surface area contributed by atoms with E-state index in [-0.39, 0.29) is 12.5 Å². The van der Waals surface area contributed by atoms with Crippen LogP contribution < -0.4 is 0 Å². The number of carboxylic acids is 1. The summed E-state index contributed by atoms with van der Waals surface area (Å²) in [4.78, 5) is 11.0. The molecule has 0 aromatic rings. The third-order valence-electron chi connectivity index (χ3n) is 2.75. The molecule has 2 aliphatic rings. The van der Waals surface area contributed by atoms with Gasteiger partial charge in [0.05, 0.1) is 24.7 Å². The largest absolute Gasteiger partial charge is 0.481 e.